The largest absolute Gasteiger partial charge is 0.392 e. The molecule has 1 fully saturated rings. The number of anilines is 1. The summed E-state index contributed by atoms with van der Waals surface area (Å²) in [5, 5.41) is 20.3. The van der Waals surface area contributed by atoms with Crippen LogP contribution in [0.15, 0.2) is 18.2 Å². The molecule has 1 N–H and O–H groups in total. The second kappa shape index (κ2) is 6.70. The van der Waals surface area contributed by atoms with Crippen molar-refractivity contribution >= 4 is 11.4 Å². The number of nitro groups is 1. The van der Waals surface area contributed by atoms with Gasteiger partial charge in [0.25, 0.3) is 5.69 Å². The van der Waals surface area contributed by atoms with Crippen molar-refractivity contribution < 1.29 is 10.0 Å². The molecule has 0 unspecified atom stereocenters. The number of hydrogen-bond donors (Lipinski definition) is 1. The summed E-state index contributed by atoms with van der Waals surface area (Å²) in [5.74, 6) is 0.757. The highest BCUT2D eigenvalue weighted by atomic mass is 16.6. The van der Waals surface area contributed by atoms with Gasteiger partial charge in [-0.1, -0.05) is 25.8 Å². The Balaban J connectivity index is 2.15. The van der Waals surface area contributed by atoms with Crippen LogP contribution in [0.3, 0.4) is 0 Å². The number of benzene rings is 1. The number of aliphatic hydroxyl groups excluding tert-OH is 1. The standard InChI is InChI=1S/C15H22N2O3/c1-2-3-12-6-8-16(9-7-12)14-5-4-13(11-18)10-15(14)17(19)20/h4-5,10,12,18H,2-3,6-9,11H2,1H3. The molecule has 0 aliphatic carbocycles. The molecule has 1 saturated heterocycles. The Bertz CT molecular complexity index is 468. The van der Waals surface area contributed by atoms with E-state index in [1.807, 2.05) is 0 Å². The highest BCUT2D eigenvalue weighted by Gasteiger charge is 2.24. The van der Waals surface area contributed by atoms with Crippen molar-refractivity contribution in [3.05, 3.63) is 33.9 Å². The summed E-state index contributed by atoms with van der Waals surface area (Å²) in [4.78, 5) is 12.9. The van der Waals surface area contributed by atoms with Gasteiger partial charge >= 0.3 is 0 Å². The molecule has 2 rings (SSSR count). The molecule has 20 heavy (non-hydrogen) atoms. The Morgan fingerprint density at radius 2 is 2.10 bits per heavy atom. The highest BCUT2D eigenvalue weighted by molar-refractivity contribution is 5.64. The summed E-state index contributed by atoms with van der Waals surface area (Å²) < 4.78 is 0. The SMILES string of the molecule is CCCC1CCN(c2ccc(CO)cc2[N+](=O)[O-])CC1. The van der Waals surface area contributed by atoms with Gasteiger partial charge in [0.2, 0.25) is 0 Å². The molecule has 5 nitrogen and oxygen atoms in total. The Labute approximate surface area is 119 Å². The van der Waals surface area contributed by atoms with E-state index < -0.39 is 0 Å². The van der Waals surface area contributed by atoms with Crippen LogP contribution >= 0.6 is 0 Å². The van der Waals surface area contributed by atoms with Gasteiger partial charge in [-0.05, 0) is 30.4 Å². The molecule has 1 aromatic rings. The van der Waals surface area contributed by atoms with Gasteiger partial charge in [-0.2, -0.15) is 0 Å². The minimum Gasteiger partial charge on any atom is -0.392 e. The van der Waals surface area contributed by atoms with E-state index in [0.717, 1.165) is 31.8 Å². The van der Waals surface area contributed by atoms with Crippen LogP contribution in [0.4, 0.5) is 11.4 Å². The van der Waals surface area contributed by atoms with Gasteiger partial charge in [0, 0.05) is 19.2 Å². The second-order valence-electron chi connectivity index (χ2n) is 5.46. The summed E-state index contributed by atoms with van der Waals surface area (Å²) in [7, 11) is 0. The first-order valence-electron chi connectivity index (χ1n) is 7.28. The normalized spacial score (nSPS) is 16.4. The zero-order valence-electron chi connectivity index (χ0n) is 11.9. The van der Waals surface area contributed by atoms with Gasteiger partial charge in [0.1, 0.15) is 5.69 Å². The predicted molar refractivity (Wildman–Crippen MR) is 78.9 cm³/mol. The summed E-state index contributed by atoms with van der Waals surface area (Å²) >= 11 is 0. The Morgan fingerprint density at radius 3 is 2.65 bits per heavy atom. The van der Waals surface area contributed by atoms with Gasteiger partial charge in [-0.3, -0.25) is 10.1 Å². The molecule has 5 heteroatoms. The predicted octanol–water partition coefficient (Wildman–Crippen LogP) is 3.10. The lowest BCUT2D eigenvalue weighted by atomic mass is 9.92. The monoisotopic (exact) mass is 278 g/mol. The van der Waals surface area contributed by atoms with Crippen LogP contribution in [0.5, 0.6) is 0 Å². The summed E-state index contributed by atoms with van der Waals surface area (Å²) in [6.45, 7) is 3.79. The number of rotatable bonds is 5. The van der Waals surface area contributed by atoms with Gasteiger partial charge in [0.05, 0.1) is 11.5 Å². The molecular weight excluding hydrogens is 256 g/mol. The maximum atomic E-state index is 11.2. The molecule has 1 heterocycles. The number of aliphatic hydroxyl groups is 1. The first-order chi connectivity index (χ1) is 9.65. The highest BCUT2D eigenvalue weighted by Crippen LogP contribution is 2.33. The molecule has 0 bridgehead atoms. The Hall–Kier alpha value is -1.62. The second-order valence-corrected chi connectivity index (χ2v) is 5.46. The molecule has 0 atom stereocenters. The van der Waals surface area contributed by atoms with Crippen LogP contribution in [-0.2, 0) is 6.61 Å². The number of piperidine rings is 1. The van der Waals surface area contributed by atoms with E-state index in [1.165, 1.54) is 18.9 Å². The molecule has 0 spiro atoms. The molecule has 1 aliphatic rings. The maximum absolute atomic E-state index is 11.2. The minimum atomic E-state index is -0.355. The van der Waals surface area contributed by atoms with Gasteiger partial charge in [-0.15, -0.1) is 0 Å². The van der Waals surface area contributed by atoms with Crippen molar-refractivity contribution in [3.63, 3.8) is 0 Å². The summed E-state index contributed by atoms with van der Waals surface area (Å²) in [6.07, 6.45) is 4.66. The van der Waals surface area contributed by atoms with Crippen LogP contribution in [0.1, 0.15) is 38.2 Å². The third-order valence-corrected chi connectivity index (χ3v) is 4.07. The molecule has 0 saturated carbocycles. The van der Waals surface area contributed by atoms with Crippen molar-refractivity contribution in [2.45, 2.75) is 39.2 Å². The number of nitrogens with zero attached hydrogens (tertiary/aromatic N) is 2. The fourth-order valence-corrected chi connectivity index (χ4v) is 2.95. The maximum Gasteiger partial charge on any atom is 0.292 e. The van der Waals surface area contributed by atoms with Gasteiger partial charge in [0.15, 0.2) is 0 Å². The lowest BCUT2D eigenvalue weighted by Gasteiger charge is -2.33. The smallest absolute Gasteiger partial charge is 0.292 e. The molecule has 0 amide bonds. The fourth-order valence-electron chi connectivity index (χ4n) is 2.95. The topological polar surface area (TPSA) is 66.6 Å². The van der Waals surface area contributed by atoms with E-state index >= 15 is 0 Å². The van der Waals surface area contributed by atoms with Crippen LogP contribution in [0.25, 0.3) is 0 Å². The van der Waals surface area contributed by atoms with Crippen LogP contribution < -0.4 is 4.90 Å². The van der Waals surface area contributed by atoms with Crippen LogP contribution in [0.2, 0.25) is 0 Å². The quantitative estimate of drug-likeness (QED) is 0.664. The lowest BCUT2D eigenvalue weighted by Crippen LogP contribution is -2.34. The fraction of sp³-hybridized carbons (Fsp3) is 0.600. The van der Waals surface area contributed by atoms with Gasteiger partial charge < -0.3 is 10.0 Å². The van der Waals surface area contributed by atoms with Gasteiger partial charge in [-0.25, -0.2) is 0 Å². The molecule has 110 valence electrons. The van der Waals surface area contributed by atoms with Crippen LogP contribution in [-0.4, -0.2) is 23.1 Å². The van der Waals surface area contributed by atoms with E-state index in [0.29, 0.717) is 11.3 Å². The Kier molecular flexibility index (Phi) is 4.95. The minimum absolute atomic E-state index is 0.102. The summed E-state index contributed by atoms with van der Waals surface area (Å²) in [5.41, 5.74) is 1.37. The third-order valence-electron chi connectivity index (χ3n) is 4.07. The molecule has 1 aromatic carbocycles. The first kappa shape index (κ1) is 14.8. The van der Waals surface area contributed by atoms with Crippen molar-refractivity contribution in [1.29, 1.82) is 0 Å². The van der Waals surface area contributed by atoms with Crippen molar-refractivity contribution in [3.8, 4) is 0 Å². The first-order valence-corrected chi connectivity index (χ1v) is 7.28. The van der Waals surface area contributed by atoms with Crippen molar-refractivity contribution in [2.24, 2.45) is 5.92 Å². The average molecular weight is 278 g/mol. The van der Waals surface area contributed by atoms with E-state index in [9.17, 15) is 10.1 Å². The summed E-state index contributed by atoms with van der Waals surface area (Å²) in [6, 6.07) is 5.01. The molecule has 0 radical (unpaired) electrons. The van der Waals surface area contributed by atoms with E-state index in [4.69, 9.17) is 5.11 Å². The number of hydrogen-bond acceptors (Lipinski definition) is 4. The zero-order valence-corrected chi connectivity index (χ0v) is 11.9. The molecule has 1 aliphatic heterocycles. The number of nitro benzene ring substituents is 1. The van der Waals surface area contributed by atoms with Crippen molar-refractivity contribution in [2.75, 3.05) is 18.0 Å². The van der Waals surface area contributed by atoms with E-state index in [-0.39, 0.29) is 17.2 Å². The Morgan fingerprint density at radius 1 is 1.40 bits per heavy atom. The average Bonchev–Trinajstić information content (AvgIpc) is 2.48. The molecular formula is C15H22N2O3. The van der Waals surface area contributed by atoms with Crippen molar-refractivity contribution in [1.82, 2.24) is 0 Å². The van der Waals surface area contributed by atoms with E-state index in [2.05, 4.69) is 11.8 Å². The van der Waals surface area contributed by atoms with Crippen LogP contribution in [0, 0.1) is 16.0 Å². The lowest BCUT2D eigenvalue weighted by molar-refractivity contribution is -0.384. The van der Waals surface area contributed by atoms with E-state index in [1.54, 1.807) is 12.1 Å². The molecule has 0 aromatic heterocycles. The third kappa shape index (κ3) is 3.28. The zero-order chi connectivity index (χ0) is 14.5.